The van der Waals surface area contributed by atoms with Crippen molar-refractivity contribution < 1.29 is 0 Å². The van der Waals surface area contributed by atoms with Crippen LogP contribution in [0.1, 0.15) is 30.5 Å². The van der Waals surface area contributed by atoms with Crippen molar-refractivity contribution in [2.45, 2.75) is 25.9 Å². The highest BCUT2D eigenvalue weighted by molar-refractivity contribution is 5.32. The van der Waals surface area contributed by atoms with Crippen molar-refractivity contribution >= 4 is 0 Å². The number of nitrogens with zero attached hydrogens (tertiary/aromatic N) is 2. The fraction of sp³-hybridized carbons (Fsp3) is 0.625. The molecule has 1 N–H and O–H groups in total. The van der Waals surface area contributed by atoms with Crippen LogP contribution in [0.15, 0.2) is 24.3 Å². The van der Waals surface area contributed by atoms with Gasteiger partial charge >= 0.3 is 0 Å². The monoisotopic (exact) mass is 259 g/mol. The normalized spacial score (nSPS) is 25.2. The first-order valence-corrected chi connectivity index (χ1v) is 7.63. The van der Waals surface area contributed by atoms with Gasteiger partial charge in [0.15, 0.2) is 0 Å². The maximum Gasteiger partial charge on any atom is 0.0477 e. The molecule has 2 aliphatic heterocycles. The quantitative estimate of drug-likeness (QED) is 0.894. The van der Waals surface area contributed by atoms with Gasteiger partial charge in [-0.15, -0.1) is 0 Å². The zero-order chi connectivity index (χ0) is 13.1. The van der Waals surface area contributed by atoms with Crippen LogP contribution < -0.4 is 5.32 Å². The first-order chi connectivity index (χ1) is 9.38. The molecule has 1 atom stereocenters. The summed E-state index contributed by atoms with van der Waals surface area (Å²) in [4.78, 5) is 5.26. The van der Waals surface area contributed by atoms with Gasteiger partial charge in [-0.05, 0) is 24.1 Å². The topological polar surface area (TPSA) is 18.5 Å². The number of rotatable bonds is 3. The Labute approximate surface area is 116 Å². The number of hydrogen-bond acceptors (Lipinski definition) is 3. The molecule has 0 unspecified atom stereocenters. The molecule has 1 saturated heterocycles. The van der Waals surface area contributed by atoms with E-state index in [1.54, 1.807) is 5.56 Å². The van der Waals surface area contributed by atoms with Crippen molar-refractivity contribution in [1.29, 1.82) is 0 Å². The molecule has 2 heterocycles. The molecule has 0 amide bonds. The van der Waals surface area contributed by atoms with E-state index in [9.17, 15) is 0 Å². The Morgan fingerprint density at radius 1 is 1.16 bits per heavy atom. The third kappa shape index (κ3) is 2.83. The minimum atomic E-state index is 0.578. The molecule has 0 spiro atoms. The van der Waals surface area contributed by atoms with E-state index < -0.39 is 0 Å². The molecule has 0 saturated carbocycles. The summed E-state index contributed by atoms with van der Waals surface area (Å²) in [7, 11) is 0. The Kier molecular flexibility index (Phi) is 4.16. The predicted molar refractivity (Wildman–Crippen MR) is 79.2 cm³/mol. The lowest BCUT2D eigenvalue weighted by molar-refractivity contribution is 0.0918. The Hall–Kier alpha value is -0.900. The molecule has 2 aliphatic rings. The van der Waals surface area contributed by atoms with Crippen molar-refractivity contribution in [2.24, 2.45) is 0 Å². The number of fused-ring (bicyclic) bond motifs is 1. The molecule has 3 heteroatoms. The molecule has 1 fully saturated rings. The van der Waals surface area contributed by atoms with E-state index in [4.69, 9.17) is 0 Å². The summed E-state index contributed by atoms with van der Waals surface area (Å²) in [5.41, 5.74) is 3.03. The van der Waals surface area contributed by atoms with Crippen molar-refractivity contribution in [2.75, 3.05) is 39.3 Å². The second kappa shape index (κ2) is 6.04. The lowest BCUT2D eigenvalue weighted by atomic mass is 9.95. The van der Waals surface area contributed by atoms with Gasteiger partial charge in [0.1, 0.15) is 0 Å². The molecule has 3 rings (SSSR count). The second-order valence-corrected chi connectivity index (χ2v) is 5.72. The fourth-order valence-electron chi connectivity index (χ4n) is 3.41. The summed E-state index contributed by atoms with van der Waals surface area (Å²) in [5.74, 6) is 0. The smallest absolute Gasteiger partial charge is 0.0477 e. The predicted octanol–water partition coefficient (Wildman–Crippen LogP) is 1.86. The Morgan fingerprint density at radius 3 is 2.74 bits per heavy atom. The second-order valence-electron chi connectivity index (χ2n) is 5.72. The van der Waals surface area contributed by atoms with Gasteiger partial charge in [-0.25, -0.2) is 0 Å². The Morgan fingerprint density at radius 2 is 1.95 bits per heavy atom. The van der Waals surface area contributed by atoms with Crippen LogP contribution in [0.5, 0.6) is 0 Å². The minimum absolute atomic E-state index is 0.578. The van der Waals surface area contributed by atoms with E-state index in [0.717, 1.165) is 13.1 Å². The number of hydrogen-bond donors (Lipinski definition) is 1. The van der Waals surface area contributed by atoms with Crippen LogP contribution in [0, 0.1) is 0 Å². The van der Waals surface area contributed by atoms with Crippen molar-refractivity contribution in [3.63, 3.8) is 0 Å². The van der Waals surface area contributed by atoms with Gasteiger partial charge in [0, 0.05) is 45.3 Å². The zero-order valence-electron chi connectivity index (χ0n) is 11.9. The molecule has 0 aliphatic carbocycles. The van der Waals surface area contributed by atoms with Gasteiger partial charge < -0.3 is 10.2 Å². The van der Waals surface area contributed by atoms with E-state index in [-0.39, 0.29) is 0 Å². The van der Waals surface area contributed by atoms with E-state index in [2.05, 4.69) is 46.3 Å². The van der Waals surface area contributed by atoms with E-state index >= 15 is 0 Å². The SMILES string of the molecule is CCCN1CCN([C@H]2CNCc3ccccc32)CC1. The Balaban J connectivity index is 1.68. The summed E-state index contributed by atoms with van der Waals surface area (Å²) in [6.45, 7) is 10.5. The summed E-state index contributed by atoms with van der Waals surface area (Å²) < 4.78 is 0. The van der Waals surface area contributed by atoms with Crippen LogP contribution in [0.3, 0.4) is 0 Å². The highest BCUT2D eigenvalue weighted by Crippen LogP contribution is 2.27. The Bertz CT molecular complexity index is 410. The third-order valence-electron chi connectivity index (χ3n) is 4.45. The number of piperazine rings is 1. The van der Waals surface area contributed by atoms with Gasteiger partial charge in [-0.3, -0.25) is 4.90 Å². The maximum atomic E-state index is 3.57. The maximum absolute atomic E-state index is 3.57. The van der Waals surface area contributed by atoms with E-state index in [1.165, 1.54) is 44.7 Å². The zero-order valence-corrected chi connectivity index (χ0v) is 11.9. The van der Waals surface area contributed by atoms with Gasteiger partial charge in [0.05, 0.1) is 0 Å². The van der Waals surface area contributed by atoms with Crippen LogP contribution in [-0.2, 0) is 6.54 Å². The molecule has 0 bridgehead atoms. The minimum Gasteiger partial charge on any atom is -0.311 e. The largest absolute Gasteiger partial charge is 0.311 e. The third-order valence-corrected chi connectivity index (χ3v) is 4.45. The highest BCUT2D eigenvalue weighted by atomic mass is 15.3. The first kappa shape index (κ1) is 13.1. The highest BCUT2D eigenvalue weighted by Gasteiger charge is 2.27. The van der Waals surface area contributed by atoms with Crippen LogP contribution in [0.25, 0.3) is 0 Å². The van der Waals surface area contributed by atoms with Gasteiger partial charge in [0.25, 0.3) is 0 Å². The van der Waals surface area contributed by atoms with Gasteiger partial charge in [-0.1, -0.05) is 31.2 Å². The van der Waals surface area contributed by atoms with Crippen molar-refractivity contribution in [1.82, 2.24) is 15.1 Å². The molecule has 0 radical (unpaired) electrons. The average molecular weight is 259 g/mol. The van der Waals surface area contributed by atoms with Crippen LogP contribution >= 0.6 is 0 Å². The molecule has 1 aromatic carbocycles. The molecule has 104 valence electrons. The lowest BCUT2D eigenvalue weighted by Gasteiger charge is -2.41. The van der Waals surface area contributed by atoms with Gasteiger partial charge in [-0.2, -0.15) is 0 Å². The molecular formula is C16H25N3. The lowest BCUT2D eigenvalue weighted by Crippen LogP contribution is -2.50. The van der Waals surface area contributed by atoms with E-state index in [1.807, 2.05) is 0 Å². The number of nitrogens with one attached hydrogen (secondary N) is 1. The van der Waals surface area contributed by atoms with Crippen molar-refractivity contribution in [3.05, 3.63) is 35.4 Å². The van der Waals surface area contributed by atoms with E-state index in [0.29, 0.717) is 6.04 Å². The number of benzene rings is 1. The van der Waals surface area contributed by atoms with Crippen LogP contribution in [0.2, 0.25) is 0 Å². The summed E-state index contributed by atoms with van der Waals surface area (Å²) >= 11 is 0. The van der Waals surface area contributed by atoms with Crippen molar-refractivity contribution in [3.8, 4) is 0 Å². The van der Waals surface area contributed by atoms with Crippen LogP contribution in [0.4, 0.5) is 0 Å². The molecule has 19 heavy (non-hydrogen) atoms. The molecular weight excluding hydrogens is 234 g/mol. The standard InChI is InChI=1S/C16H25N3/c1-2-7-18-8-10-19(11-9-18)16-13-17-12-14-5-3-4-6-15(14)16/h3-6,16-17H,2,7-13H2,1H3/t16-/m0/s1. The first-order valence-electron chi connectivity index (χ1n) is 7.63. The summed E-state index contributed by atoms with van der Waals surface area (Å²) in [6.07, 6.45) is 1.27. The van der Waals surface area contributed by atoms with Gasteiger partial charge in [0.2, 0.25) is 0 Å². The molecule has 3 nitrogen and oxygen atoms in total. The van der Waals surface area contributed by atoms with Crippen LogP contribution in [-0.4, -0.2) is 49.1 Å². The fourth-order valence-corrected chi connectivity index (χ4v) is 3.41. The molecule has 1 aromatic rings. The summed E-state index contributed by atoms with van der Waals surface area (Å²) in [6, 6.07) is 9.50. The average Bonchev–Trinajstić information content (AvgIpc) is 2.48. The summed E-state index contributed by atoms with van der Waals surface area (Å²) in [5, 5.41) is 3.57. The molecule has 0 aromatic heterocycles.